The Morgan fingerprint density at radius 1 is 1.21 bits per heavy atom. The van der Waals surface area contributed by atoms with Crippen LogP contribution in [0.4, 0.5) is 0 Å². The van der Waals surface area contributed by atoms with E-state index < -0.39 is 0 Å². The Morgan fingerprint density at radius 2 is 2.00 bits per heavy atom. The molecule has 1 amide bonds. The number of nitrogens with one attached hydrogen (secondary N) is 1. The summed E-state index contributed by atoms with van der Waals surface area (Å²) in [5.74, 6) is 0.459. The molecule has 0 radical (unpaired) electrons. The molecule has 0 spiro atoms. The second-order valence-electron chi connectivity index (χ2n) is 5.27. The van der Waals surface area contributed by atoms with E-state index in [4.69, 9.17) is 4.74 Å². The number of nitrogens with zero attached hydrogens (tertiary/aromatic N) is 1. The third-order valence-corrected chi connectivity index (χ3v) is 3.31. The van der Waals surface area contributed by atoms with Gasteiger partial charge in [0.1, 0.15) is 24.0 Å². The summed E-state index contributed by atoms with van der Waals surface area (Å²) in [4.78, 5) is 11.9. The molecule has 0 aromatic heterocycles. The Kier molecular flexibility index (Phi) is 6.60. The highest BCUT2D eigenvalue weighted by molar-refractivity contribution is 6.01. The fourth-order valence-corrected chi connectivity index (χ4v) is 2.11. The molecular weight excluding hydrogens is 300 g/mol. The second kappa shape index (κ2) is 9.16. The quantitative estimate of drug-likeness (QED) is 0.625. The van der Waals surface area contributed by atoms with Crippen molar-refractivity contribution in [3.05, 3.63) is 71.3 Å². The summed E-state index contributed by atoms with van der Waals surface area (Å²) in [6, 6.07) is 19.1. The van der Waals surface area contributed by atoms with E-state index in [2.05, 4.69) is 5.32 Å². The van der Waals surface area contributed by atoms with Gasteiger partial charge in [0.05, 0.1) is 0 Å². The van der Waals surface area contributed by atoms with Gasteiger partial charge in [-0.25, -0.2) is 0 Å². The number of carbonyl (C=O) groups is 1. The molecule has 4 nitrogen and oxygen atoms in total. The van der Waals surface area contributed by atoms with Crippen LogP contribution in [0, 0.1) is 11.3 Å². The third kappa shape index (κ3) is 5.29. The third-order valence-electron chi connectivity index (χ3n) is 3.31. The van der Waals surface area contributed by atoms with E-state index in [-0.39, 0.29) is 11.5 Å². The van der Waals surface area contributed by atoms with Gasteiger partial charge in [0.2, 0.25) is 0 Å². The molecule has 0 aliphatic rings. The number of para-hydroxylation sites is 1. The highest BCUT2D eigenvalue weighted by Gasteiger charge is 2.08. The lowest BCUT2D eigenvalue weighted by Gasteiger charge is -2.07. The number of rotatable bonds is 7. The van der Waals surface area contributed by atoms with E-state index in [0.29, 0.717) is 13.2 Å². The first-order valence-electron chi connectivity index (χ1n) is 7.89. The zero-order chi connectivity index (χ0) is 17.2. The predicted octanol–water partition coefficient (Wildman–Crippen LogP) is 3.70. The van der Waals surface area contributed by atoms with Gasteiger partial charge in [-0.1, -0.05) is 43.3 Å². The van der Waals surface area contributed by atoms with Crippen LogP contribution in [0.1, 0.15) is 24.5 Å². The minimum absolute atomic E-state index is 0.101. The molecule has 2 rings (SSSR count). The van der Waals surface area contributed by atoms with Crippen LogP contribution in [-0.2, 0) is 11.4 Å². The molecule has 0 fully saturated rings. The van der Waals surface area contributed by atoms with E-state index in [0.717, 1.165) is 23.3 Å². The molecule has 2 aromatic carbocycles. The van der Waals surface area contributed by atoms with Gasteiger partial charge >= 0.3 is 0 Å². The summed E-state index contributed by atoms with van der Waals surface area (Å²) in [6.07, 6.45) is 2.42. The molecule has 24 heavy (non-hydrogen) atoms. The maximum Gasteiger partial charge on any atom is 0.261 e. The number of nitriles is 1. The van der Waals surface area contributed by atoms with Crippen LogP contribution < -0.4 is 10.1 Å². The molecule has 0 atom stereocenters. The molecule has 0 bridgehead atoms. The van der Waals surface area contributed by atoms with Gasteiger partial charge in [-0.3, -0.25) is 4.79 Å². The van der Waals surface area contributed by atoms with Crippen molar-refractivity contribution in [3.63, 3.8) is 0 Å². The van der Waals surface area contributed by atoms with E-state index in [9.17, 15) is 10.1 Å². The van der Waals surface area contributed by atoms with Crippen molar-refractivity contribution in [2.75, 3.05) is 6.54 Å². The predicted molar refractivity (Wildman–Crippen MR) is 94.1 cm³/mol. The van der Waals surface area contributed by atoms with Gasteiger partial charge in [-0.05, 0) is 41.8 Å². The first-order chi connectivity index (χ1) is 11.7. The summed E-state index contributed by atoms with van der Waals surface area (Å²) >= 11 is 0. The smallest absolute Gasteiger partial charge is 0.261 e. The molecular formula is C20H20N2O2. The minimum Gasteiger partial charge on any atom is -0.489 e. The van der Waals surface area contributed by atoms with Gasteiger partial charge in [-0.15, -0.1) is 0 Å². The van der Waals surface area contributed by atoms with Gasteiger partial charge in [-0.2, -0.15) is 5.26 Å². The number of ether oxygens (including phenoxy) is 1. The Hall–Kier alpha value is -3.06. The maximum absolute atomic E-state index is 11.9. The van der Waals surface area contributed by atoms with Gasteiger partial charge in [0.15, 0.2) is 0 Å². The van der Waals surface area contributed by atoms with Gasteiger partial charge < -0.3 is 10.1 Å². The van der Waals surface area contributed by atoms with Crippen LogP contribution in [0.3, 0.4) is 0 Å². The molecule has 0 saturated heterocycles. The summed E-state index contributed by atoms with van der Waals surface area (Å²) < 4.78 is 5.71. The lowest BCUT2D eigenvalue weighted by molar-refractivity contribution is -0.117. The van der Waals surface area contributed by atoms with Crippen LogP contribution in [0.2, 0.25) is 0 Å². The van der Waals surface area contributed by atoms with Crippen molar-refractivity contribution in [3.8, 4) is 11.8 Å². The molecule has 0 unspecified atom stereocenters. The lowest BCUT2D eigenvalue weighted by Crippen LogP contribution is -2.25. The van der Waals surface area contributed by atoms with Gasteiger partial charge in [0.25, 0.3) is 5.91 Å². The normalized spacial score (nSPS) is 10.8. The van der Waals surface area contributed by atoms with Crippen LogP contribution in [-0.4, -0.2) is 12.5 Å². The molecule has 2 aromatic rings. The first-order valence-corrected chi connectivity index (χ1v) is 7.89. The molecule has 0 saturated carbocycles. The molecule has 0 aliphatic heterocycles. The fraction of sp³-hybridized carbons (Fsp3) is 0.200. The summed E-state index contributed by atoms with van der Waals surface area (Å²) in [5.41, 5.74) is 1.87. The SMILES string of the molecule is CCCNC(=O)/C(C#N)=C/c1cccc(COc2ccccc2)c1. The van der Waals surface area contributed by atoms with Crippen LogP contribution in [0.5, 0.6) is 5.75 Å². The summed E-state index contributed by atoms with van der Waals surface area (Å²) in [5, 5.41) is 11.9. The zero-order valence-electron chi connectivity index (χ0n) is 13.7. The standard InChI is InChI=1S/C20H20N2O2/c1-2-11-22-20(23)18(14-21)13-16-7-6-8-17(12-16)15-24-19-9-4-3-5-10-19/h3-10,12-13H,2,11,15H2,1H3,(H,22,23)/b18-13+. The van der Waals surface area contributed by atoms with Crippen LogP contribution >= 0.6 is 0 Å². The number of carbonyl (C=O) groups excluding carboxylic acids is 1. The average molecular weight is 320 g/mol. The second-order valence-corrected chi connectivity index (χ2v) is 5.27. The average Bonchev–Trinajstić information content (AvgIpc) is 2.63. The van der Waals surface area contributed by atoms with Gasteiger partial charge in [0, 0.05) is 6.54 Å². The molecule has 122 valence electrons. The zero-order valence-corrected chi connectivity index (χ0v) is 13.7. The topological polar surface area (TPSA) is 62.1 Å². The monoisotopic (exact) mass is 320 g/mol. The van der Waals surface area contributed by atoms with Crippen LogP contribution in [0.15, 0.2) is 60.2 Å². The van der Waals surface area contributed by atoms with Crippen molar-refractivity contribution < 1.29 is 9.53 Å². The maximum atomic E-state index is 11.9. The highest BCUT2D eigenvalue weighted by atomic mass is 16.5. The van der Waals surface area contributed by atoms with E-state index in [1.165, 1.54) is 0 Å². The van der Waals surface area contributed by atoms with Crippen molar-refractivity contribution in [2.45, 2.75) is 20.0 Å². The van der Waals surface area contributed by atoms with Crippen molar-refractivity contribution in [1.29, 1.82) is 5.26 Å². The highest BCUT2D eigenvalue weighted by Crippen LogP contribution is 2.14. The van der Waals surface area contributed by atoms with Crippen molar-refractivity contribution in [2.24, 2.45) is 0 Å². The first kappa shape index (κ1) is 17.3. The fourth-order valence-electron chi connectivity index (χ4n) is 2.11. The van der Waals surface area contributed by atoms with E-state index in [1.54, 1.807) is 6.08 Å². The van der Waals surface area contributed by atoms with E-state index >= 15 is 0 Å². The molecule has 1 N–H and O–H groups in total. The lowest BCUT2D eigenvalue weighted by atomic mass is 10.1. The van der Waals surface area contributed by atoms with Crippen molar-refractivity contribution in [1.82, 2.24) is 5.32 Å². The molecule has 0 heterocycles. The Labute approximate surface area is 142 Å². The summed E-state index contributed by atoms with van der Waals surface area (Å²) in [7, 11) is 0. The largest absolute Gasteiger partial charge is 0.489 e. The summed E-state index contributed by atoms with van der Waals surface area (Å²) in [6.45, 7) is 2.95. The van der Waals surface area contributed by atoms with Crippen molar-refractivity contribution >= 4 is 12.0 Å². The number of benzene rings is 2. The number of amides is 1. The van der Waals surface area contributed by atoms with E-state index in [1.807, 2.05) is 67.6 Å². The Bertz CT molecular complexity index is 746. The number of hydrogen-bond acceptors (Lipinski definition) is 3. The Balaban J connectivity index is 2.07. The number of hydrogen-bond donors (Lipinski definition) is 1. The molecule has 0 aliphatic carbocycles. The Morgan fingerprint density at radius 3 is 2.71 bits per heavy atom. The minimum atomic E-state index is -0.342. The molecule has 4 heteroatoms. The van der Waals surface area contributed by atoms with Crippen LogP contribution in [0.25, 0.3) is 6.08 Å².